The van der Waals surface area contributed by atoms with Gasteiger partial charge in [-0.2, -0.15) is 0 Å². The molecule has 0 heterocycles. The first kappa shape index (κ1) is 31.4. The maximum absolute atomic E-state index is 12.5. The van der Waals surface area contributed by atoms with E-state index in [4.69, 9.17) is 9.47 Å². The number of ether oxygens (including phenoxy) is 2. The molecule has 1 rings (SSSR count). The van der Waals surface area contributed by atoms with Crippen molar-refractivity contribution in [1.82, 2.24) is 0 Å². The van der Waals surface area contributed by atoms with Gasteiger partial charge < -0.3 is 19.7 Å². The molecule has 202 valence electrons. The van der Waals surface area contributed by atoms with Gasteiger partial charge in [-0.25, -0.2) is 0 Å². The van der Waals surface area contributed by atoms with Crippen LogP contribution < -0.4 is 0 Å². The van der Waals surface area contributed by atoms with Gasteiger partial charge in [-0.3, -0.25) is 9.59 Å². The van der Waals surface area contributed by atoms with Crippen LogP contribution in [0.2, 0.25) is 0 Å². The first-order valence-electron chi connectivity index (χ1n) is 13.7. The number of carboxylic acids is 2. The third-order valence-corrected chi connectivity index (χ3v) is 6.66. The maximum atomic E-state index is 12.5. The zero-order valence-electron chi connectivity index (χ0n) is 23.0. The summed E-state index contributed by atoms with van der Waals surface area (Å²) < 4.78 is 12.4. The zero-order valence-corrected chi connectivity index (χ0v) is 23.0. The molecule has 0 saturated heterocycles. The fraction of sp³-hybridized carbons (Fsp3) is 0.793. The molecule has 1 aliphatic carbocycles. The lowest BCUT2D eigenvalue weighted by atomic mass is 9.76. The molecule has 2 N–H and O–H groups in total. The van der Waals surface area contributed by atoms with Crippen molar-refractivity contribution >= 4 is 11.9 Å². The van der Waals surface area contributed by atoms with E-state index >= 15 is 0 Å². The summed E-state index contributed by atoms with van der Waals surface area (Å²) in [6.45, 7) is 13.6. The quantitative estimate of drug-likeness (QED) is 0.145. The minimum atomic E-state index is -1.04. The Morgan fingerprint density at radius 3 is 1.86 bits per heavy atom. The first-order chi connectivity index (χ1) is 16.6. The lowest BCUT2D eigenvalue weighted by Gasteiger charge is -2.38. The van der Waals surface area contributed by atoms with E-state index in [-0.39, 0.29) is 6.42 Å². The van der Waals surface area contributed by atoms with Gasteiger partial charge in [0.05, 0.1) is 25.0 Å². The van der Waals surface area contributed by atoms with Crippen LogP contribution in [0.4, 0.5) is 0 Å². The van der Waals surface area contributed by atoms with Crippen molar-refractivity contribution in [2.45, 2.75) is 112 Å². The minimum absolute atomic E-state index is 0.259. The van der Waals surface area contributed by atoms with E-state index in [1.54, 1.807) is 6.08 Å². The van der Waals surface area contributed by atoms with Crippen molar-refractivity contribution in [2.24, 2.45) is 23.7 Å². The van der Waals surface area contributed by atoms with Crippen LogP contribution in [-0.2, 0) is 19.1 Å². The standard InChI is InChI=1S/C29H50O6/c1-7-9-19-35-29(34-18-8-2)17-16-23(24(27(30)31)14-10-12-21(3)4)26(20-29)25(28(32)33)15-11-13-22(5)6/h16-17,21-22,24-25H,7-15,18-20H2,1-6H3,(H,30,31)(H,32,33). The lowest BCUT2D eigenvalue weighted by molar-refractivity contribution is -0.205. The summed E-state index contributed by atoms with van der Waals surface area (Å²) >= 11 is 0. The summed E-state index contributed by atoms with van der Waals surface area (Å²) in [4.78, 5) is 24.9. The topological polar surface area (TPSA) is 93.1 Å². The van der Waals surface area contributed by atoms with E-state index in [0.29, 0.717) is 49.0 Å². The number of hydrogen-bond acceptors (Lipinski definition) is 4. The molecule has 3 atom stereocenters. The Kier molecular flexibility index (Phi) is 14.5. The predicted octanol–water partition coefficient (Wildman–Crippen LogP) is 7.24. The molecule has 6 heteroatoms. The van der Waals surface area contributed by atoms with Crippen LogP contribution in [0.25, 0.3) is 0 Å². The van der Waals surface area contributed by atoms with Gasteiger partial charge in [0.15, 0.2) is 5.79 Å². The molecule has 0 radical (unpaired) electrons. The molecule has 0 fully saturated rings. The van der Waals surface area contributed by atoms with Crippen LogP contribution >= 0.6 is 0 Å². The SMILES string of the molecule is CCCCOC1(OCCC)C=CC(C(CCCC(C)C)C(=O)O)=C(C(CCCC(C)C)C(=O)O)C1. The van der Waals surface area contributed by atoms with Crippen LogP contribution in [0.15, 0.2) is 23.3 Å². The van der Waals surface area contributed by atoms with Crippen molar-refractivity contribution in [3.8, 4) is 0 Å². The number of hydrogen-bond donors (Lipinski definition) is 2. The second kappa shape index (κ2) is 16.2. The van der Waals surface area contributed by atoms with E-state index < -0.39 is 29.6 Å². The summed E-state index contributed by atoms with van der Waals surface area (Å²) in [5, 5.41) is 20.4. The van der Waals surface area contributed by atoms with E-state index in [1.807, 2.05) is 13.0 Å². The summed E-state index contributed by atoms with van der Waals surface area (Å²) in [7, 11) is 0. The van der Waals surface area contributed by atoms with Crippen molar-refractivity contribution < 1.29 is 29.3 Å². The van der Waals surface area contributed by atoms with Gasteiger partial charge in [-0.15, -0.1) is 0 Å². The van der Waals surface area contributed by atoms with Crippen LogP contribution in [-0.4, -0.2) is 41.2 Å². The van der Waals surface area contributed by atoms with Crippen molar-refractivity contribution in [3.05, 3.63) is 23.3 Å². The van der Waals surface area contributed by atoms with E-state index in [1.165, 1.54) is 0 Å². The summed E-state index contributed by atoms with van der Waals surface area (Å²) in [6.07, 6.45) is 11.0. The van der Waals surface area contributed by atoms with Crippen LogP contribution in [0.5, 0.6) is 0 Å². The molecule has 0 bridgehead atoms. The van der Waals surface area contributed by atoms with Gasteiger partial charge in [0.1, 0.15) is 0 Å². The Morgan fingerprint density at radius 2 is 1.37 bits per heavy atom. The molecule has 0 amide bonds. The molecular formula is C29H50O6. The largest absolute Gasteiger partial charge is 0.481 e. The zero-order chi connectivity index (χ0) is 26.4. The molecular weight excluding hydrogens is 444 g/mol. The van der Waals surface area contributed by atoms with Crippen molar-refractivity contribution in [3.63, 3.8) is 0 Å². The normalized spacial score (nSPS) is 20.0. The van der Waals surface area contributed by atoms with Gasteiger partial charge in [0.2, 0.25) is 0 Å². The lowest BCUT2D eigenvalue weighted by Crippen LogP contribution is -2.40. The van der Waals surface area contributed by atoms with Crippen LogP contribution in [0.3, 0.4) is 0 Å². The number of aliphatic carboxylic acids is 2. The Hall–Kier alpha value is -1.66. The van der Waals surface area contributed by atoms with Gasteiger partial charge in [0.25, 0.3) is 0 Å². The maximum Gasteiger partial charge on any atom is 0.310 e. The average molecular weight is 495 g/mol. The molecule has 6 nitrogen and oxygen atoms in total. The summed E-state index contributed by atoms with van der Waals surface area (Å²) in [6, 6.07) is 0. The molecule has 0 aromatic heterocycles. The Labute approximate surface area is 213 Å². The van der Waals surface area contributed by atoms with Gasteiger partial charge in [-0.1, -0.05) is 79.7 Å². The second-order valence-electron chi connectivity index (χ2n) is 10.8. The van der Waals surface area contributed by atoms with Crippen molar-refractivity contribution in [1.29, 1.82) is 0 Å². The molecule has 3 unspecified atom stereocenters. The number of rotatable bonds is 19. The highest BCUT2D eigenvalue weighted by molar-refractivity contribution is 5.78. The highest BCUT2D eigenvalue weighted by Gasteiger charge is 2.40. The molecule has 0 aliphatic heterocycles. The number of carboxylic acid groups (broad SMARTS) is 2. The molecule has 0 spiro atoms. The smallest absolute Gasteiger partial charge is 0.310 e. The molecule has 1 aliphatic rings. The number of unbranched alkanes of at least 4 members (excludes halogenated alkanes) is 1. The third-order valence-electron chi connectivity index (χ3n) is 6.66. The molecule has 35 heavy (non-hydrogen) atoms. The van der Waals surface area contributed by atoms with Gasteiger partial charge >= 0.3 is 11.9 Å². The average Bonchev–Trinajstić information content (AvgIpc) is 2.78. The monoisotopic (exact) mass is 494 g/mol. The predicted molar refractivity (Wildman–Crippen MR) is 140 cm³/mol. The Balaban J connectivity index is 3.44. The van der Waals surface area contributed by atoms with Crippen LogP contribution in [0, 0.1) is 23.7 Å². The van der Waals surface area contributed by atoms with Crippen molar-refractivity contribution in [2.75, 3.05) is 13.2 Å². The molecule has 0 saturated carbocycles. The van der Waals surface area contributed by atoms with E-state index in [2.05, 4.69) is 34.6 Å². The first-order valence-corrected chi connectivity index (χ1v) is 13.7. The summed E-state index contributed by atoms with van der Waals surface area (Å²) in [5.41, 5.74) is 1.29. The Bertz CT molecular complexity index is 708. The highest BCUT2D eigenvalue weighted by atomic mass is 16.7. The molecule has 0 aromatic rings. The summed E-state index contributed by atoms with van der Waals surface area (Å²) in [5.74, 6) is -3.35. The van der Waals surface area contributed by atoms with E-state index in [9.17, 15) is 19.8 Å². The highest BCUT2D eigenvalue weighted by Crippen LogP contribution is 2.41. The molecule has 0 aromatic carbocycles. The third kappa shape index (κ3) is 10.9. The Morgan fingerprint density at radius 1 is 0.829 bits per heavy atom. The minimum Gasteiger partial charge on any atom is -0.481 e. The van der Waals surface area contributed by atoms with Gasteiger partial charge in [0, 0.05) is 6.42 Å². The number of allylic oxidation sites excluding steroid dienone is 1. The van der Waals surface area contributed by atoms with E-state index in [0.717, 1.165) is 44.9 Å². The second-order valence-corrected chi connectivity index (χ2v) is 10.8. The fourth-order valence-corrected chi connectivity index (χ4v) is 4.64. The number of carbonyl (C=O) groups is 2. The van der Waals surface area contributed by atoms with Crippen LogP contribution in [0.1, 0.15) is 106 Å². The van der Waals surface area contributed by atoms with Gasteiger partial charge in [-0.05, 0) is 54.7 Å². The fourth-order valence-electron chi connectivity index (χ4n) is 4.64.